The molecule has 2 nitrogen and oxygen atoms in total. The molecule has 2 rings (SSSR count). The van der Waals surface area contributed by atoms with Crippen LogP contribution in [0.1, 0.15) is 46.0 Å². The van der Waals surface area contributed by atoms with E-state index in [1.807, 2.05) is 0 Å². The summed E-state index contributed by atoms with van der Waals surface area (Å²) >= 11 is 0. The van der Waals surface area contributed by atoms with Gasteiger partial charge in [0.15, 0.2) is 0 Å². The SMILES string of the molecule is CCCN(CC1CC1)C1CCC1CNCC. The normalized spacial score (nSPS) is 29.4. The van der Waals surface area contributed by atoms with Crippen LogP contribution in [-0.4, -0.2) is 37.1 Å². The van der Waals surface area contributed by atoms with Crippen molar-refractivity contribution >= 4 is 0 Å². The van der Waals surface area contributed by atoms with Gasteiger partial charge in [0.25, 0.3) is 0 Å². The summed E-state index contributed by atoms with van der Waals surface area (Å²) < 4.78 is 0. The number of rotatable bonds is 8. The third kappa shape index (κ3) is 3.21. The molecule has 2 aliphatic rings. The molecule has 0 heterocycles. The zero-order valence-electron chi connectivity index (χ0n) is 11.0. The van der Waals surface area contributed by atoms with Gasteiger partial charge in [-0.2, -0.15) is 0 Å². The minimum absolute atomic E-state index is 0.902. The molecule has 0 saturated heterocycles. The lowest BCUT2D eigenvalue weighted by Crippen LogP contribution is -2.51. The maximum atomic E-state index is 3.52. The van der Waals surface area contributed by atoms with E-state index in [1.165, 1.54) is 51.7 Å². The summed E-state index contributed by atoms with van der Waals surface area (Å²) in [5.41, 5.74) is 0. The monoisotopic (exact) mass is 224 g/mol. The van der Waals surface area contributed by atoms with Gasteiger partial charge in [-0.3, -0.25) is 4.90 Å². The molecular weight excluding hydrogens is 196 g/mol. The van der Waals surface area contributed by atoms with E-state index in [0.29, 0.717) is 0 Å². The van der Waals surface area contributed by atoms with Crippen LogP contribution in [0.25, 0.3) is 0 Å². The standard InChI is InChI=1S/C14H28N2/c1-3-9-16(11-12-5-6-12)14-8-7-13(14)10-15-4-2/h12-15H,3-11H2,1-2H3. The first-order valence-corrected chi connectivity index (χ1v) is 7.29. The van der Waals surface area contributed by atoms with E-state index in [1.54, 1.807) is 0 Å². The van der Waals surface area contributed by atoms with E-state index < -0.39 is 0 Å². The molecule has 0 spiro atoms. The molecule has 0 radical (unpaired) electrons. The molecule has 2 aliphatic carbocycles. The van der Waals surface area contributed by atoms with Gasteiger partial charge in [-0.1, -0.05) is 13.8 Å². The first-order chi connectivity index (χ1) is 7.85. The van der Waals surface area contributed by atoms with Gasteiger partial charge < -0.3 is 5.32 Å². The van der Waals surface area contributed by atoms with Gasteiger partial charge in [-0.25, -0.2) is 0 Å². The van der Waals surface area contributed by atoms with E-state index in [2.05, 4.69) is 24.1 Å². The number of nitrogens with zero attached hydrogens (tertiary/aromatic N) is 1. The van der Waals surface area contributed by atoms with Crippen LogP contribution in [-0.2, 0) is 0 Å². The molecule has 0 aromatic heterocycles. The van der Waals surface area contributed by atoms with Crippen molar-refractivity contribution in [1.82, 2.24) is 10.2 Å². The predicted molar refractivity (Wildman–Crippen MR) is 69.6 cm³/mol. The van der Waals surface area contributed by atoms with Crippen molar-refractivity contribution in [2.24, 2.45) is 11.8 Å². The van der Waals surface area contributed by atoms with E-state index in [0.717, 1.165) is 24.4 Å². The van der Waals surface area contributed by atoms with E-state index >= 15 is 0 Å². The fourth-order valence-corrected chi connectivity index (χ4v) is 2.91. The third-order valence-corrected chi connectivity index (χ3v) is 4.20. The van der Waals surface area contributed by atoms with Crippen molar-refractivity contribution in [2.75, 3.05) is 26.2 Å². The molecule has 0 amide bonds. The summed E-state index contributed by atoms with van der Waals surface area (Å²) in [5, 5.41) is 3.52. The van der Waals surface area contributed by atoms with Gasteiger partial charge in [-0.05, 0) is 63.6 Å². The van der Waals surface area contributed by atoms with Crippen molar-refractivity contribution in [1.29, 1.82) is 0 Å². The Morgan fingerprint density at radius 2 is 1.94 bits per heavy atom. The molecule has 1 N–H and O–H groups in total. The second-order valence-electron chi connectivity index (χ2n) is 5.65. The van der Waals surface area contributed by atoms with Crippen LogP contribution >= 0.6 is 0 Å². The highest BCUT2D eigenvalue weighted by molar-refractivity contribution is 4.92. The van der Waals surface area contributed by atoms with Crippen LogP contribution in [0, 0.1) is 11.8 Å². The quantitative estimate of drug-likeness (QED) is 0.681. The number of hydrogen-bond acceptors (Lipinski definition) is 2. The molecule has 0 aliphatic heterocycles. The van der Waals surface area contributed by atoms with Crippen LogP contribution in [0.3, 0.4) is 0 Å². The Hall–Kier alpha value is -0.0800. The van der Waals surface area contributed by atoms with Crippen molar-refractivity contribution in [3.05, 3.63) is 0 Å². The molecule has 2 heteroatoms. The lowest BCUT2D eigenvalue weighted by molar-refractivity contribution is 0.0580. The molecule has 0 aromatic rings. The molecule has 16 heavy (non-hydrogen) atoms. The first-order valence-electron chi connectivity index (χ1n) is 7.29. The second-order valence-corrected chi connectivity index (χ2v) is 5.65. The minimum Gasteiger partial charge on any atom is -0.317 e. The van der Waals surface area contributed by atoms with Gasteiger partial charge in [-0.15, -0.1) is 0 Å². The predicted octanol–water partition coefficient (Wildman–Crippen LogP) is 2.50. The maximum absolute atomic E-state index is 3.52. The smallest absolute Gasteiger partial charge is 0.0136 e. The lowest BCUT2D eigenvalue weighted by atomic mass is 9.78. The first kappa shape index (κ1) is 12.4. The fourth-order valence-electron chi connectivity index (χ4n) is 2.91. The van der Waals surface area contributed by atoms with Crippen LogP contribution in [0.15, 0.2) is 0 Å². The van der Waals surface area contributed by atoms with Gasteiger partial charge in [0, 0.05) is 12.6 Å². The van der Waals surface area contributed by atoms with Gasteiger partial charge >= 0.3 is 0 Å². The van der Waals surface area contributed by atoms with Crippen molar-refractivity contribution in [3.63, 3.8) is 0 Å². The van der Waals surface area contributed by atoms with Gasteiger partial charge in [0.2, 0.25) is 0 Å². The summed E-state index contributed by atoms with van der Waals surface area (Å²) in [7, 11) is 0. The van der Waals surface area contributed by atoms with Crippen LogP contribution in [0.2, 0.25) is 0 Å². The Morgan fingerprint density at radius 3 is 2.44 bits per heavy atom. The Balaban J connectivity index is 1.76. The molecule has 2 fully saturated rings. The summed E-state index contributed by atoms with van der Waals surface area (Å²) in [6.45, 7) is 9.61. The molecule has 2 atom stereocenters. The Bertz CT molecular complexity index is 201. The third-order valence-electron chi connectivity index (χ3n) is 4.20. The molecule has 2 unspecified atom stereocenters. The topological polar surface area (TPSA) is 15.3 Å². The zero-order valence-corrected chi connectivity index (χ0v) is 11.0. The van der Waals surface area contributed by atoms with E-state index in [-0.39, 0.29) is 0 Å². The second kappa shape index (κ2) is 6.02. The van der Waals surface area contributed by atoms with Crippen molar-refractivity contribution in [3.8, 4) is 0 Å². The molecule has 0 aromatic carbocycles. The summed E-state index contributed by atoms with van der Waals surface area (Å²) in [6.07, 6.45) is 7.19. The summed E-state index contributed by atoms with van der Waals surface area (Å²) in [6, 6.07) is 0.902. The largest absolute Gasteiger partial charge is 0.317 e. The van der Waals surface area contributed by atoms with Crippen LogP contribution in [0.5, 0.6) is 0 Å². The average molecular weight is 224 g/mol. The molecular formula is C14H28N2. The zero-order chi connectivity index (χ0) is 11.4. The fraction of sp³-hybridized carbons (Fsp3) is 1.00. The average Bonchev–Trinajstić information content (AvgIpc) is 3.01. The summed E-state index contributed by atoms with van der Waals surface area (Å²) in [5.74, 6) is 1.98. The highest BCUT2D eigenvalue weighted by Gasteiger charge is 2.36. The van der Waals surface area contributed by atoms with Crippen LogP contribution < -0.4 is 5.32 Å². The van der Waals surface area contributed by atoms with Crippen molar-refractivity contribution < 1.29 is 0 Å². The van der Waals surface area contributed by atoms with E-state index in [9.17, 15) is 0 Å². The summed E-state index contributed by atoms with van der Waals surface area (Å²) in [4.78, 5) is 2.79. The highest BCUT2D eigenvalue weighted by Crippen LogP contribution is 2.36. The number of nitrogens with one attached hydrogen (secondary N) is 1. The highest BCUT2D eigenvalue weighted by atomic mass is 15.2. The number of hydrogen-bond donors (Lipinski definition) is 1. The van der Waals surface area contributed by atoms with Crippen molar-refractivity contribution in [2.45, 2.75) is 52.0 Å². The Kier molecular flexibility index (Phi) is 4.66. The lowest BCUT2D eigenvalue weighted by Gasteiger charge is -2.45. The van der Waals surface area contributed by atoms with Gasteiger partial charge in [0.1, 0.15) is 0 Å². The molecule has 2 saturated carbocycles. The molecule has 0 bridgehead atoms. The Labute approximate surface area is 101 Å². The van der Waals surface area contributed by atoms with Crippen LogP contribution in [0.4, 0.5) is 0 Å². The minimum atomic E-state index is 0.902. The van der Waals surface area contributed by atoms with Gasteiger partial charge in [0.05, 0.1) is 0 Å². The molecule has 94 valence electrons. The maximum Gasteiger partial charge on any atom is 0.0136 e. The Morgan fingerprint density at radius 1 is 1.12 bits per heavy atom. The van der Waals surface area contributed by atoms with E-state index in [4.69, 9.17) is 0 Å².